The van der Waals surface area contributed by atoms with Gasteiger partial charge in [0.15, 0.2) is 11.5 Å². The molecule has 15 heavy (non-hydrogen) atoms. The third-order valence-electron chi connectivity index (χ3n) is 1.75. The van der Waals surface area contributed by atoms with Gasteiger partial charge >= 0.3 is 5.97 Å². The van der Waals surface area contributed by atoms with E-state index < -0.39 is 5.97 Å². The lowest BCUT2D eigenvalue weighted by Gasteiger charge is -1.93. The first-order chi connectivity index (χ1) is 7.15. The minimum atomic E-state index is -1.06. The van der Waals surface area contributed by atoms with Crippen LogP contribution in [-0.4, -0.2) is 30.8 Å². The summed E-state index contributed by atoms with van der Waals surface area (Å²) in [5.74, 6) is -0.0940. The van der Waals surface area contributed by atoms with Gasteiger partial charge in [-0.15, -0.1) is 0 Å². The predicted molar refractivity (Wildman–Crippen MR) is 47.3 cm³/mol. The molecule has 0 radical (unpaired) electrons. The van der Waals surface area contributed by atoms with Gasteiger partial charge in [0.05, 0.1) is 12.9 Å². The summed E-state index contributed by atoms with van der Waals surface area (Å²) in [6.45, 7) is 2.03. The summed E-state index contributed by atoms with van der Waals surface area (Å²) >= 11 is 0. The van der Waals surface area contributed by atoms with E-state index in [0.717, 1.165) is 0 Å². The van der Waals surface area contributed by atoms with E-state index >= 15 is 0 Å². The molecule has 0 amide bonds. The van der Waals surface area contributed by atoms with Crippen LogP contribution in [0.2, 0.25) is 0 Å². The number of hydrogen-bond acceptors (Lipinski definition) is 5. The number of carboxylic acid groups (broad SMARTS) is 1. The van der Waals surface area contributed by atoms with Crippen LogP contribution < -0.4 is 0 Å². The fraction of sp³-hybridized carbons (Fsp3) is 0.250. The van der Waals surface area contributed by atoms with E-state index in [0.29, 0.717) is 18.3 Å². The second-order valence-electron chi connectivity index (χ2n) is 2.97. The average molecular weight is 208 g/mol. The summed E-state index contributed by atoms with van der Waals surface area (Å²) in [6, 6.07) is 0. The Hall–Kier alpha value is -2.18. The first-order valence-electron chi connectivity index (χ1n) is 4.19. The van der Waals surface area contributed by atoms with Crippen molar-refractivity contribution >= 4 is 5.97 Å². The quantitative estimate of drug-likeness (QED) is 0.780. The van der Waals surface area contributed by atoms with Crippen LogP contribution in [0.4, 0.5) is 0 Å². The summed E-state index contributed by atoms with van der Waals surface area (Å²) in [7, 11) is 0. The molecule has 0 atom stereocenters. The Morgan fingerprint density at radius 2 is 2.47 bits per heavy atom. The number of aromatic nitrogens is 4. The van der Waals surface area contributed by atoms with Crippen molar-refractivity contribution in [2.45, 2.75) is 13.5 Å². The average Bonchev–Trinajstić information content (AvgIpc) is 2.76. The molecular weight excluding hydrogens is 200 g/mol. The third kappa shape index (κ3) is 2.01. The van der Waals surface area contributed by atoms with Crippen LogP contribution in [0.15, 0.2) is 17.0 Å². The van der Waals surface area contributed by atoms with Crippen LogP contribution >= 0.6 is 0 Å². The van der Waals surface area contributed by atoms with Crippen LogP contribution in [0.1, 0.15) is 22.2 Å². The molecule has 0 saturated carbocycles. The molecule has 0 fully saturated rings. The van der Waals surface area contributed by atoms with Crippen LogP contribution in [0, 0.1) is 6.92 Å². The van der Waals surface area contributed by atoms with Gasteiger partial charge in [0.2, 0.25) is 5.89 Å². The molecule has 2 rings (SSSR count). The van der Waals surface area contributed by atoms with Crippen molar-refractivity contribution < 1.29 is 14.4 Å². The zero-order chi connectivity index (χ0) is 10.8. The number of hydrogen-bond donors (Lipinski definition) is 1. The number of imidazole rings is 1. The number of nitrogens with zero attached hydrogens (tertiary/aromatic N) is 4. The second kappa shape index (κ2) is 3.52. The van der Waals surface area contributed by atoms with Gasteiger partial charge in [-0.1, -0.05) is 5.16 Å². The van der Waals surface area contributed by atoms with E-state index in [4.69, 9.17) is 9.63 Å². The number of carboxylic acids is 1. The van der Waals surface area contributed by atoms with E-state index in [1.54, 1.807) is 11.5 Å². The van der Waals surface area contributed by atoms with E-state index in [9.17, 15) is 4.79 Å². The van der Waals surface area contributed by atoms with Crippen molar-refractivity contribution in [2.75, 3.05) is 0 Å². The highest BCUT2D eigenvalue weighted by Gasteiger charge is 2.08. The van der Waals surface area contributed by atoms with Gasteiger partial charge in [0.25, 0.3) is 0 Å². The first kappa shape index (κ1) is 9.38. The van der Waals surface area contributed by atoms with Gasteiger partial charge < -0.3 is 14.2 Å². The molecule has 2 aromatic rings. The number of rotatable bonds is 3. The SMILES string of the molecule is Cc1nc(Cn2cnc(C(=O)O)c2)no1. The summed E-state index contributed by atoms with van der Waals surface area (Å²) in [5, 5.41) is 12.3. The Bertz CT molecular complexity index is 488. The Morgan fingerprint density at radius 1 is 1.67 bits per heavy atom. The Morgan fingerprint density at radius 3 is 3.00 bits per heavy atom. The van der Waals surface area contributed by atoms with E-state index in [1.807, 2.05) is 0 Å². The molecule has 2 heterocycles. The molecule has 2 aromatic heterocycles. The highest BCUT2D eigenvalue weighted by atomic mass is 16.5. The van der Waals surface area contributed by atoms with Crippen LogP contribution in [0.3, 0.4) is 0 Å². The summed E-state index contributed by atoms with van der Waals surface area (Å²) in [6.07, 6.45) is 2.82. The van der Waals surface area contributed by atoms with Gasteiger partial charge in [-0.3, -0.25) is 0 Å². The molecule has 0 bridgehead atoms. The largest absolute Gasteiger partial charge is 0.476 e. The Kier molecular flexibility index (Phi) is 2.20. The van der Waals surface area contributed by atoms with Gasteiger partial charge in [-0.05, 0) is 0 Å². The maximum Gasteiger partial charge on any atom is 0.356 e. The van der Waals surface area contributed by atoms with Gasteiger partial charge in [-0.2, -0.15) is 4.98 Å². The standard InChI is InChI=1S/C8H8N4O3/c1-5-10-7(11-15-5)3-12-2-6(8(13)14)9-4-12/h2,4H,3H2,1H3,(H,13,14). The zero-order valence-corrected chi connectivity index (χ0v) is 7.91. The molecule has 7 heteroatoms. The van der Waals surface area contributed by atoms with Crippen LogP contribution in [0.5, 0.6) is 0 Å². The van der Waals surface area contributed by atoms with Crippen LogP contribution in [-0.2, 0) is 6.54 Å². The molecule has 1 N–H and O–H groups in total. The minimum Gasteiger partial charge on any atom is -0.476 e. The number of aryl methyl sites for hydroxylation is 1. The molecular formula is C8H8N4O3. The smallest absolute Gasteiger partial charge is 0.356 e. The maximum absolute atomic E-state index is 10.5. The second-order valence-corrected chi connectivity index (χ2v) is 2.97. The van der Waals surface area contributed by atoms with E-state index in [1.165, 1.54) is 12.5 Å². The van der Waals surface area contributed by atoms with E-state index in [2.05, 4.69) is 15.1 Å². The van der Waals surface area contributed by atoms with Crippen molar-refractivity contribution in [3.8, 4) is 0 Å². The molecule has 0 unspecified atom stereocenters. The highest BCUT2D eigenvalue weighted by molar-refractivity contribution is 5.84. The monoisotopic (exact) mass is 208 g/mol. The molecule has 78 valence electrons. The molecule has 0 aliphatic heterocycles. The van der Waals surface area contributed by atoms with Gasteiger partial charge in [0, 0.05) is 13.1 Å². The van der Waals surface area contributed by atoms with Gasteiger partial charge in [0.1, 0.15) is 0 Å². The van der Waals surface area contributed by atoms with Crippen LogP contribution in [0.25, 0.3) is 0 Å². The fourth-order valence-electron chi connectivity index (χ4n) is 1.13. The minimum absolute atomic E-state index is 0.00443. The maximum atomic E-state index is 10.5. The lowest BCUT2D eigenvalue weighted by molar-refractivity contribution is 0.0691. The Labute approximate surface area is 84.4 Å². The predicted octanol–water partition coefficient (Wildman–Crippen LogP) is 0.321. The van der Waals surface area contributed by atoms with Gasteiger partial charge in [-0.25, -0.2) is 9.78 Å². The molecule has 0 spiro atoms. The lowest BCUT2D eigenvalue weighted by Crippen LogP contribution is -1.99. The molecule has 0 aliphatic rings. The number of aromatic carboxylic acids is 1. The van der Waals surface area contributed by atoms with Crippen molar-refractivity contribution in [2.24, 2.45) is 0 Å². The molecule has 7 nitrogen and oxygen atoms in total. The lowest BCUT2D eigenvalue weighted by atomic mass is 10.5. The van der Waals surface area contributed by atoms with Crippen molar-refractivity contribution in [1.82, 2.24) is 19.7 Å². The molecule has 0 aliphatic carbocycles. The van der Waals surface area contributed by atoms with Crippen molar-refractivity contribution in [3.63, 3.8) is 0 Å². The normalized spacial score (nSPS) is 10.5. The van der Waals surface area contributed by atoms with Crippen molar-refractivity contribution in [3.05, 3.63) is 29.9 Å². The molecule has 0 aromatic carbocycles. The third-order valence-corrected chi connectivity index (χ3v) is 1.75. The first-order valence-corrected chi connectivity index (χ1v) is 4.19. The van der Waals surface area contributed by atoms with E-state index in [-0.39, 0.29) is 5.69 Å². The topological polar surface area (TPSA) is 94.0 Å². The highest BCUT2D eigenvalue weighted by Crippen LogP contribution is 2.01. The Balaban J connectivity index is 2.14. The summed E-state index contributed by atoms with van der Waals surface area (Å²) < 4.78 is 6.36. The fourth-order valence-corrected chi connectivity index (χ4v) is 1.13. The zero-order valence-electron chi connectivity index (χ0n) is 7.91. The van der Waals surface area contributed by atoms with Crippen molar-refractivity contribution in [1.29, 1.82) is 0 Å². The summed E-state index contributed by atoms with van der Waals surface area (Å²) in [4.78, 5) is 18.2. The summed E-state index contributed by atoms with van der Waals surface area (Å²) in [5.41, 5.74) is -0.00443. The molecule has 0 saturated heterocycles. The number of carbonyl (C=O) groups is 1.